The Balaban J connectivity index is 1.52. The summed E-state index contributed by atoms with van der Waals surface area (Å²) in [7, 11) is 0. The van der Waals surface area contributed by atoms with Crippen molar-refractivity contribution in [3.63, 3.8) is 0 Å². The minimum Gasteiger partial charge on any atom is -0.463 e. The van der Waals surface area contributed by atoms with E-state index in [1.807, 2.05) is 0 Å². The van der Waals surface area contributed by atoms with Gasteiger partial charge in [-0.3, -0.25) is 4.90 Å². The van der Waals surface area contributed by atoms with Gasteiger partial charge in [0.05, 0.1) is 13.1 Å². The molecule has 3 rings (SSSR count). The number of nitrogens with zero attached hydrogens (tertiary/aromatic N) is 1. The lowest BCUT2D eigenvalue weighted by Crippen LogP contribution is -2.34. The molecule has 1 saturated carbocycles. The van der Waals surface area contributed by atoms with Crippen LogP contribution in [0.4, 0.5) is 0 Å². The fraction of sp³-hybridized carbons (Fsp3) is 0.765. The highest BCUT2D eigenvalue weighted by atomic mass is 16.3. The van der Waals surface area contributed by atoms with E-state index >= 15 is 0 Å². The maximum atomic E-state index is 5.97. The van der Waals surface area contributed by atoms with Gasteiger partial charge in [0.25, 0.3) is 0 Å². The minimum absolute atomic E-state index is 0.829. The van der Waals surface area contributed by atoms with E-state index in [4.69, 9.17) is 4.42 Å². The molecule has 0 amide bonds. The smallest absolute Gasteiger partial charge is 0.118 e. The van der Waals surface area contributed by atoms with Gasteiger partial charge < -0.3 is 9.73 Å². The van der Waals surface area contributed by atoms with Crippen LogP contribution in [0.25, 0.3) is 0 Å². The lowest BCUT2D eigenvalue weighted by molar-refractivity contribution is 0.164. The molecule has 0 bridgehead atoms. The number of nitrogens with one attached hydrogen (secondary N) is 1. The number of hydrogen-bond donors (Lipinski definition) is 1. The molecule has 1 aromatic rings. The Labute approximate surface area is 122 Å². The second-order valence-electron chi connectivity index (χ2n) is 6.42. The summed E-state index contributed by atoms with van der Waals surface area (Å²) < 4.78 is 5.97. The highest BCUT2D eigenvalue weighted by Gasteiger charge is 2.35. The van der Waals surface area contributed by atoms with Crippen molar-refractivity contribution in [3.05, 3.63) is 23.7 Å². The molecule has 3 heteroatoms. The maximum absolute atomic E-state index is 5.97. The van der Waals surface area contributed by atoms with Gasteiger partial charge >= 0.3 is 0 Å². The van der Waals surface area contributed by atoms with Crippen LogP contribution in [0.5, 0.6) is 0 Å². The maximum Gasteiger partial charge on any atom is 0.118 e. The molecule has 0 aromatic carbocycles. The highest BCUT2D eigenvalue weighted by Crippen LogP contribution is 2.36. The largest absolute Gasteiger partial charge is 0.463 e. The van der Waals surface area contributed by atoms with Gasteiger partial charge in [0.1, 0.15) is 11.5 Å². The van der Waals surface area contributed by atoms with Crippen LogP contribution >= 0.6 is 0 Å². The third-order valence-corrected chi connectivity index (χ3v) is 4.93. The first-order valence-corrected chi connectivity index (χ1v) is 8.39. The Morgan fingerprint density at radius 1 is 1.20 bits per heavy atom. The van der Waals surface area contributed by atoms with Crippen LogP contribution in [0.1, 0.15) is 57.0 Å². The third-order valence-electron chi connectivity index (χ3n) is 4.93. The molecule has 1 N–H and O–H groups in total. The van der Waals surface area contributed by atoms with Crippen molar-refractivity contribution in [1.29, 1.82) is 0 Å². The third kappa shape index (κ3) is 3.26. The molecule has 1 aromatic heterocycles. The van der Waals surface area contributed by atoms with Gasteiger partial charge in [-0.2, -0.15) is 0 Å². The molecule has 2 atom stereocenters. The number of furan rings is 1. The van der Waals surface area contributed by atoms with Gasteiger partial charge in [-0.25, -0.2) is 0 Å². The SMILES string of the molecule is CCCNCc1ccc(CN2CCC3CCCCC32)o1. The van der Waals surface area contributed by atoms with Gasteiger partial charge in [0, 0.05) is 6.04 Å². The summed E-state index contributed by atoms with van der Waals surface area (Å²) in [5.41, 5.74) is 0. The number of fused-ring (bicyclic) bond motifs is 1. The van der Waals surface area contributed by atoms with Gasteiger partial charge in [0.2, 0.25) is 0 Å². The predicted molar refractivity (Wildman–Crippen MR) is 81.5 cm³/mol. The first kappa shape index (κ1) is 14.2. The zero-order valence-corrected chi connectivity index (χ0v) is 12.7. The van der Waals surface area contributed by atoms with Crippen LogP contribution in [0.15, 0.2) is 16.5 Å². The van der Waals surface area contributed by atoms with Gasteiger partial charge in [0.15, 0.2) is 0 Å². The molecule has 2 heterocycles. The molecule has 2 fully saturated rings. The normalized spacial score (nSPS) is 26.9. The molecule has 2 unspecified atom stereocenters. The van der Waals surface area contributed by atoms with Crippen molar-refractivity contribution in [2.45, 2.75) is 64.6 Å². The second-order valence-corrected chi connectivity index (χ2v) is 6.42. The van der Waals surface area contributed by atoms with E-state index in [2.05, 4.69) is 29.3 Å². The first-order valence-electron chi connectivity index (χ1n) is 8.39. The molecule has 112 valence electrons. The summed E-state index contributed by atoms with van der Waals surface area (Å²) in [6.45, 7) is 6.38. The van der Waals surface area contributed by atoms with E-state index in [1.54, 1.807) is 0 Å². The average molecular weight is 276 g/mol. The van der Waals surface area contributed by atoms with E-state index in [9.17, 15) is 0 Å². The van der Waals surface area contributed by atoms with E-state index < -0.39 is 0 Å². The molecule has 3 nitrogen and oxygen atoms in total. The quantitative estimate of drug-likeness (QED) is 0.806. The lowest BCUT2D eigenvalue weighted by atomic mass is 9.85. The molecule has 1 aliphatic carbocycles. The highest BCUT2D eigenvalue weighted by molar-refractivity contribution is 5.08. The molecule has 2 aliphatic rings. The molecule has 1 aliphatic heterocycles. The van der Waals surface area contributed by atoms with Gasteiger partial charge in [-0.15, -0.1) is 0 Å². The fourth-order valence-corrected chi connectivity index (χ4v) is 3.89. The van der Waals surface area contributed by atoms with Crippen LogP contribution in [-0.2, 0) is 13.1 Å². The van der Waals surface area contributed by atoms with E-state index in [0.717, 1.165) is 43.1 Å². The fourth-order valence-electron chi connectivity index (χ4n) is 3.89. The summed E-state index contributed by atoms with van der Waals surface area (Å²) >= 11 is 0. The molecular formula is C17H28N2O. The Kier molecular flexibility index (Phi) is 4.79. The van der Waals surface area contributed by atoms with Crippen LogP contribution in [0.3, 0.4) is 0 Å². The Bertz CT molecular complexity index is 415. The molecule has 20 heavy (non-hydrogen) atoms. The van der Waals surface area contributed by atoms with Crippen LogP contribution in [-0.4, -0.2) is 24.0 Å². The Morgan fingerprint density at radius 2 is 2.05 bits per heavy atom. The van der Waals surface area contributed by atoms with E-state index in [1.165, 1.54) is 45.1 Å². The molecule has 0 spiro atoms. The number of likely N-dealkylation sites (tertiary alicyclic amines) is 1. The monoisotopic (exact) mass is 276 g/mol. The number of rotatable bonds is 6. The van der Waals surface area contributed by atoms with Crippen molar-refractivity contribution in [2.75, 3.05) is 13.1 Å². The van der Waals surface area contributed by atoms with Gasteiger partial charge in [-0.05, 0) is 56.8 Å². The topological polar surface area (TPSA) is 28.4 Å². The second kappa shape index (κ2) is 6.77. The van der Waals surface area contributed by atoms with Crippen molar-refractivity contribution < 1.29 is 4.42 Å². The van der Waals surface area contributed by atoms with E-state index in [-0.39, 0.29) is 0 Å². The van der Waals surface area contributed by atoms with E-state index in [0.29, 0.717) is 0 Å². The van der Waals surface area contributed by atoms with Crippen LogP contribution in [0, 0.1) is 5.92 Å². The summed E-state index contributed by atoms with van der Waals surface area (Å²) in [6, 6.07) is 5.13. The van der Waals surface area contributed by atoms with Gasteiger partial charge in [-0.1, -0.05) is 19.8 Å². The van der Waals surface area contributed by atoms with Crippen molar-refractivity contribution in [2.24, 2.45) is 5.92 Å². The molecular weight excluding hydrogens is 248 g/mol. The van der Waals surface area contributed by atoms with Crippen molar-refractivity contribution >= 4 is 0 Å². The van der Waals surface area contributed by atoms with Crippen LogP contribution in [0.2, 0.25) is 0 Å². The summed E-state index contributed by atoms with van der Waals surface area (Å²) in [5, 5.41) is 3.40. The predicted octanol–water partition coefficient (Wildman–Crippen LogP) is 3.54. The summed E-state index contributed by atoms with van der Waals surface area (Å²) in [6.07, 6.45) is 8.29. The summed E-state index contributed by atoms with van der Waals surface area (Å²) in [4.78, 5) is 2.66. The number of hydrogen-bond acceptors (Lipinski definition) is 3. The van der Waals surface area contributed by atoms with Crippen molar-refractivity contribution in [3.8, 4) is 0 Å². The zero-order valence-electron chi connectivity index (χ0n) is 12.7. The molecule has 0 radical (unpaired) electrons. The zero-order chi connectivity index (χ0) is 13.8. The average Bonchev–Trinajstić information content (AvgIpc) is 3.08. The van der Waals surface area contributed by atoms with Crippen LogP contribution < -0.4 is 5.32 Å². The summed E-state index contributed by atoms with van der Waals surface area (Å²) in [5.74, 6) is 3.18. The van der Waals surface area contributed by atoms with Crippen molar-refractivity contribution in [1.82, 2.24) is 10.2 Å². The molecule has 1 saturated heterocycles. The Hall–Kier alpha value is -0.800. The Morgan fingerprint density at radius 3 is 2.95 bits per heavy atom. The first-order chi connectivity index (χ1) is 9.86. The minimum atomic E-state index is 0.829. The lowest BCUT2D eigenvalue weighted by Gasteiger charge is -2.31. The standard InChI is InChI=1S/C17H28N2O/c1-2-10-18-12-15-7-8-16(20-15)13-19-11-9-14-5-3-4-6-17(14)19/h7-8,14,17-18H,2-6,9-13H2,1H3.